The Morgan fingerprint density at radius 2 is 2.18 bits per heavy atom. The van der Waals surface area contributed by atoms with E-state index in [2.05, 4.69) is 41.7 Å². The maximum atomic E-state index is 6.11. The van der Waals surface area contributed by atoms with Crippen LogP contribution in [-0.4, -0.2) is 11.1 Å². The van der Waals surface area contributed by atoms with Gasteiger partial charge in [0.2, 0.25) is 0 Å². The average molecular weight is 298 g/mol. The van der Waals surface area contributed by atoms with E-state index in [1.165, 1.54) is 6.42 Å². The Balaban J connectivity index is 2.06. The number of hydrogen-bond acceptors (Lipinski definition) is 2. The Labute approximate surface area is 112 Å². The number of aromatic nitrogens is 1. The highest BCUT2D eigenvalue weighted by molar-refractivity contribution is 9.10. The van der Waals surface area contributed by atoms with Crippen LogP contribution in [0.2, 0.25) is 0 Å². The van der Waals surface area contributed by atoms with E-state index in [1.54, 1.807) is 12.4 Å². The molecule has 0 aromatic carbocycles. The molecule has 1 heterocycles. The lowest BCUT2D eigenvalue weighted by Gasteiger charge is -2.38. The van der Waals surface area contributed by atoms with Gasteiger partial charge in [0.25, 0.3) is 0 Å². The number of ether oxygens (including phenoxy) is 1. The molecule has 0 saturated heterocycles. The van der Waals surface area contributed by atoms with Gasteiger partial charge in [-0.15, -0.1) is 0 Å². The van der Waals surface area contributed by atoms with Crippen LogP contribution >= 0.6 is 15.9 Å². The summed E-state index contributed by atoms with van der Waals surface area (Å²) >= 11 is 3.48. The first kappa shape index (κ1) is 12.9. The van der Waals surface area contributed by atoms with Crippen LogP contribution in [0.25, 0.3) is 0 Å². The van der Waals surface area contributed by atoms with Crippen LogP contribution in [0.1, 0.15) is 40.0 Å². The van der Waals surface area contributed by atoms with E-state index in [1.807, 2.05) is 6.07 Å². The summed E-state index contributed by atoms with van der Waals surface area (Å²) in [5.41, 5.74) is 0.391. The third-order valence-electron chi connectivity index (χ3n) is 3.38. The highest BCUT2D eigenvalue weighted by atomic mass is 79.9. The van der Waals surface area contributed by atoms with Crippen molar-refractivity contribution >= 4 is 15.9 Å². The summed E-state index contributed by atoms with van der Waals surface area (Å²) in [5, 5.41) is 0. The molecule has 0 bridgehead atoms. The summed E-state index contributed by atoms with van der Waals surface area (Å²) in [6.45, 7) is 6.99. The van der Waals surface area contributed by atoms with E-state index in [-0.39, 0.29) is 0 Å². The molecule has 0 aliphatic heterocycles. The SMILES string of the molecule is CC1CC(Oc2ccncc2Br)CC(C)(C)C1. The van der Waals surface area contributed by atoms with E-state index in [9.17, 15) is 0 Å². The van der Waals surface area contributed by atoms with Crippen molar-refractivity contribution in [1.82, 2.24) is 4.98 Å². The molecule has 0 spiro atoms. The van der Waals surface area contributed by atoms with Crippen LogP contribution in [0.3, 0.4) is 0 Å². The predicted octanol–water partition coefficient (Wildman–Crippen LogP) is 4.44. The van der Waals surface area contributed by atoms with Crippen molar-refractivity contribution in [2.75, 3.05) is 0 Å². The first-order chi connectivity index (χ1) is 7.96. The van der Waals surface area contributed by atoms with Gasteiger partial charge in [-0.2, -0.15) is 0 Å². The zero-order valence-electron chi connectivity index (χ0n) is 10.7. The lowest BCUT2D eigenvalue weighted by molar-refractivity contribution is 0.0557. The van der Waals surface area contributed by atoms with Gasteiger partial charge in [0, 0.05) is 12.4 Å². The van der Waals surface area contributed by atoms with Crippen molar-refractivity contribution in [2.45, 2.75) is 46.1 Å². The van der Waals surface area contributed by atoms with Gasteiger partial charge >= 0.3 is 0 Å². The number of rotatable bonds is 2. The van der Waals surface area contributed by atoms with Crippen LogP contribution in [0.15, 0.2) is 22.9 Å². The molecule has 2 nitrogen and oxygen atoms in total. The zero-order chi connectivity index (χ0) is 12.5. The van der Waals surface area contributed by atoms with E-state index in [4.69, 9.17) is 4.74 Å². The van der Waals surface area contributed by atoms with Crippen molar-refractivity contribution in [3.63, 3.8) is 0 Å². The van der Waals surface area contributed by atoms with Crippen molar-refractivity contribution < 1.29 is 4.74 Å². The molecule has 1 aliphatic carbocycles. The second-order valence-electron chi connectivity index (χ2n) is 5.96. The molecule has 1 aromatic heterocycles. The largest absolute Gasteiger partial charge is 0.489 e. The minimum Gasteiger partial charge on any atom is -0.489 e. The molecule has 1 aliphatic rings. The standard InChI is InChI=1S/C14H20BrNO/c1-10-6-11(8-14(2,3)7-10)17-13-4-5-16-9-12(13)15/h4-5,9-11H,6-8H2,1-3H3. The zero-order valence-corrected chi connectivity index (χ0v) is 12.3. The Kier molecular flexibility index (Phi) is 3.76. The van der Waals surface area contributed by atoms with Crippen LogP contribution in [-0.2, 0) is 0 Å². The van der Waals surface area contributed by atoms with Gasteiger partial charge < -0.3 is 4.74 Å². The molecular formula is C14H20BrNO. The summed E-state index contributed by atoms with van der Waals surface area (Å²) in [6, 6.07) is 1.93. The molecule has 2 rings (SSSR count). The Hall–Kier alpha value is -0.570. The molecule has 2 unspecified atom stereocenters. The molecule has 17 heavy (non-hydrogen) atoms. The number of halogens is 1. The molecule has 2 atom stereocenters. The van der Waals surface area contributed by atoms with Crippen LogP contribution in [0.4, 0.5) is 0 Å². The summed E-state index contributed by atoms with van der Waals surface area (Å²) in [5.74, 6) is 1.65. The fourth-order valence-corrected chi connectivity index (χ4v) is 3.33. The molecule has 3 heteroatoms. The topological polar surface area (TPSA) is 22.1 Å². The van der Waals surface area contributed by atoms with Gasteiger partial charge in [-0.3, -0.25) is 4.98 Å². The maximum Gasteiger partial charge on any atom is 0.136 e. The van der Waals surface area contributed by atoms with Crippen LogP contribution in [0, 0.1) is 11.3 Å². The van der Waals surface area contributed by atoms with Crippen LogP contribution < -0.4 is 4.74 Å². The van der Waals surface area contributed by atoms with Crippen molar-refractivity contribution in [1.29, 1.82) is 0 Å². The van der Waals surface area contributed by atoms with Crippen molar-refractivity contribution in [2.24, 2.45) is 11.3 Å². The minimum atomic E-state index is 0.326. The third kappa shape index (κ3) is 3.44. The van der Waals surface area contributed by atoms with Gasteiger partial charge in [0.15, 0.2) is 0 Å². The Bertz CT molecular complexity index is 392. The molecule has 0 N–H and O–H groups in total. The van der Waals surface area contributed by atoms with E-state index >= 15 is 0 Å². The van der Waals surface area contributed by atoms with Gasteiger partial charge in [0.1, 0.15) is 5.75 Å². The molecule has 1 fully saturated rings. The highest BCUT2D eigenvalue weighted by Crippen LogP contribution is 2.40. The Morgan fingerprint density at radius 3 is 2.82 bits per heavy atom. The molecule has 0 amide bonds. The predicted molar refractivity (Wildman–Crippen MR) is 73.1 cm³/mol. The Morgan fingerprint density at radius 1 is 1.41 bits per heavy atom. The van der Waals surface area contributed by atoms with E-state index in [0.29, 0.717) is 11.5 Å². The lowest BCUT2D eigenvalue weighted by Crippen LogP contribution is -2.34. The third-order valence-corrected chi connectivity index (χ3v) is 3.97. The summed E-state index contributed by atoms with van der Waals surface area (Å²) in [4.78, 5) is 4.05. The first-order valence-corrected chi connectivity index (χ1v) is 7.02. The second kappa shape index (κ2) is 4.97. The maximum absolute atomic E-state index is 6.11. The minimum absolute atomic E-state index is 0.326. The van der Waals surface area contributed by atoms with Gasteiger partial charge in [-0.25, -0.2) is 0 Å². The molecule has 94 valence electrons. The van der Waals surface area contributed by atoms with Crippen molar-refractivity contribution in [3.05, 3.63) is 22.9 Å². The molecule has 0 radical (unpaired) electrons. The monoisotopic (exact) mass is 297 g/mol. The fraction of sp³-hybridized carbons (Fsp3) is 0.643. The second-order valence-corrected chi connectivity index (χ2v) is 6.81. The molecule has 1 saturated carbocycles. The van der Waals surface area contributed by atoms with E-state index in [0.717, 1.165) is 29.0 Å². The highest BCUT2D eigenvalue weighted by Gasteiger charge is 2.33. The number of nitrogens with zero attached hydrogens (tertiary/aromatic N) is 1. The molecule has 1 aromatic rings. The van der Waals surface area contributed by atoms with Gasteiger partial charge in [-0.05, 0) is 52.6 Å². The number of pyridine rings is 1. The van der Waals surface area contributed by atoms with Gasteiger partial charge in [0.05, 0.1) is 10.6 Å². The quantitative estimate of drug-likeness (QED) is 0.805. The van der Waals surface area contributed by atoms with Crippen LogP contribution in [0.5, 0.6) is 5.75 Å². The lowest BCUT2D eigenvalue weighted by atomic mass is 9.71. The summed E-state index contributed by atoms with van der Waals surface area (Å²) in [7, 11) is 0. The number of hydrogen-bond donors (Lipinski definition) is 0. The normalized spacial score (nSPS) is 27.8. The summed E-state index contributed by atoms with van der Waals surface area (Å²) < 4.78 is 7.05. The molecular weight excluding hydrogens is 278 g/mol. The first-order valence-electron chi connectivity index (χ1n) is 6.22. The van der Waals surface area contributed by atoms with Gasteiger partial charge in [-0.1, -0.05) is 20.8 Å². The average Bonchev–Trinajstić information content (AvgIpc) is 2.18. The van der Waals surface area contributed by atoms with Crippen molar-refractivity contribution in [3.8, 4) is 5.75 Å². The smallest absolute Gasteiger partial charge is 0.136 e. The summed E-state index contributed by atoms with van der Waals surface area (Å²) in [6.07, 6.45) is 7.46. The fourth-order valence-electron chi connectivity index (χ4n) is 2.99. The van der Waals surface area contributed by atoms with E-state index < -0.39 is 0 Å².